The first kappa shape index (κ1) is 16.6. The van der Waals surface area contributed by atoms with Crippen LogP contribution in [0.15, 0.2) is 85.2 Å². The van der Waals surface area contributed by atoms with E-state index in [1.54, 1.807) is 6.08 Å². The van der Waals surface area contributed by atoms with Crippen LogP contribution in [0.4, 0.5) is 0 Å². The van der Waals surface area contributed by atoms with Crippen molar-refractivity contribution in [2.75, 3.05) is 0 Å². The topological polar surface area (TPSA) is 29.5 Å². The lowest BCUT2D eigenvalue weighted by Crippen LogP contribution is -2.22. The minimum Gasteiger partial charge on any atom is -0.449 e. The van der Waals surface area contributed by atoms with Crippen LogP contribution in [0.5, 0.6) is 5.75 Å². The van der Waals surface area contributed by atoms with E-state index >= 15 is 0 Å². The van der Waals surface area contributed by atoms with Crippen LogP contribution < -0.4 is 4.74 Å². The number of benzene rings is 2. The number of ether oxygens (including phenoxy) is 1. The third-order valence-electron chi connectivity index (χ3n) is 3.38. The van der Waals surface area contributed by atoms with Crippen molar-refractivity contribution in [3.63, 3.8) is 0 Å². The Hall–Kier alpha value is -2.76. The van der Waals surface area contributed by atoms with Gasteiger partial charge in [0.15, 0.2) is 5.76 Å². The van der Waals surface area contributed by atoms with Crippen LogP contribution in [0.2, 0.25) is 0 Å². The Morgan fingerprint density at radius 3 is 2.30 bits per heavy atom. The summed E-state index contributed by atoms with van der Waals surface area (Å²) in [5, 5.41) is 10.4. The molecule has 0 aliphatic heterocycles. The largest absolute Gasteiger partial charge is 0.449 e. The van der Waals surface area contributed by atoms with Gasteiger partial charge in [-0.05, 0) is 36.6 Å². The number of hydrogen-bond donors (Lipinski definition) is 1. The van der Waals surface area contributed by atoms with Crippen LogP contribution in [-0.4, -0.2) is 10.7 Å². The zero-order valence-corrected chi connectivity index (χ0v) is 13.2. The lowest BCUT2D eigenvalue weighted by molar-refractivity contribution is 0.135. The molecule has 0 aromatic heterocycles. The second kappa shape index (κ2) is 8.03. The molecule has 0 spiro atoms. The third-order valence-corrected chi connectivity index (χ3v) is 3.38. The molecule has 2 nitrogen and oxygen atoms in total. The van der Waals surface area contributed by atoms with E-state index in [2.05, 4.69) is 18.4 Å². The van der Waals surface area contributed by atoms with Gasteiger partial charge in [0.05, 0.1) is 0 Å². The molecule has 1 atom stereocenters. The first-order chi connectivity index (χ1) is 11.1. The van der Waals surface area contributed by atoms with Gasteiger partial charge in [0, 0.05) is 11.6 Å². The van der Waals surface area contributed by atoms with Gasteiger partial charge in [0.25, 0.3) is 0 Å². The highest BCUT2D eigenvalue weighted by molar-refractivity contribution is 5.41. The zero-order chi connectivity index (χ0) is 16.5. The van der Waals surface area contributed by atoms with E-state index in [0.717, 1.165) is 5.56 Å². The summed E-state index contributed by atoms with van der Waals surface area (Å²) in [6.07, 6.45) is 3.58. The van der Waals surface area contributed by atoms with E-state index in [1.165, 1.54) is 6.08 Å². The number of allylic oxidation sites excluding steroid dienone is 1. The minimum absolute atomic E-state index is 0.393. The average molecular weight is 304 g/mol. The maximum Gasteiger partial charge on any atom is 0.176 e. The molecule has 2 rings (SSSR count). The molecular weight excluding hydrogens is 284 g/mol. The summed E-state index contributed by atoms with van der Waals surface area (Å²) in [4.78, 5) is 0. The fourth-order valence-corrected chi connectivity index (χ4v) is 1.89. The number of para-hydroxylation sites is 1. The number of rotatable bonds is 5. The fourth-order valence-electron chi connectivity index (χ4n) is 1.89. The van der Waals surface area contributed by atoms with Crippen molar-refractivity contribution in [2.45, 2.75) is 18.9 Å². The predicted octanol–water partition coefficient (Wildman–Crippen LogP) is 4.33. The van der Waals surface area contributed by atoms with Gasteiger partial charge in [0.2, 0.25) is 0 Å². The van der Waals surface area contributed by atoms with Gasteiger partial charge in [-0.2, -0.15) is 0 Å². The van der Waals surface area contributed by atoms with Gasteiger partial charge in [-0.15, -0.1) is 0 Å². The third kappa shape index (κ3) is 5.18. The number of hydrogen-bond acceptors (Lipinski definition) is 2. The molecule has 0 radical (unpaired) electrons. The molecule has 0 heterocycles. The quantitative estimate of drug-likeness (QED) is 0.506. The second-order valence-electron chi connectivity index (χ2n) is 5.09. The molecule has 1 unspecified atom stereocenters. The Kier molecular flexibility index (Phi) is 5.80. The normalized spacial score (nSPS) is 13.4. The smallest absolute Gasteiger partial charge is 0.176 e. The van der Waals surface area contributed by atoms with Crippen LogP contribution in [-0.2, 0) is 0 Å². The maximum absolute atomic E-state index is 10.4. The molecule has 0 aliphatic rings. The fraction of sp³-hybridized carbons (Fsp3) is 0.143. The highest BCUT2D eigenvalue weighted by Gasteiger charge is 2.18. The Morgan fingerprint density at radius 2 is 1.74 bits per heavy atom. The number of aliphatic hydroxyl groups is 1. The van der Waals surface area contributed by atoms with Crippen LogP contribution in [0.3, 0.4) is 0 Å². The van der Waals surface area contributed by atoms with Crippen LogP contribution in [0.25, 0.3) is 0 Å². The molecule has 116 valence electrons. The molecule has 2 heteroatoms. The Labute approximate surface area is 137 Å². The molecule has 2 aromatic rings. The molecule has 0 amide bonds. The van der Waals surface area contributed by atoms with Gasteiger partial charge in [-0.1, -0.05) is 61.9 Å². The summed E-state index contributed by atoms with van der Waals surface area (Å²) < 4.78 is 5.82. The molecule has 0 fully saturated rings. The van der Waals surface area contributed by atoms with Crippen molar-refractivity contribution in [3.05, 3.63) is 90.7 Å². The molecule has 0 saturated carbocycles. The summed E-state index contributed by atoms with van der Waals surface area (Å²) in [6.45, 7) is 5.56. The van der Waals surface area contributed by atoms with Crippen molar-refractivity contribution in [1.29, 1.82) is 0 Å². The Bertz CT molecular complexity index is 721. The minimum atomic E-state index is -1.14. The van der Waals surface area contributed by atoms with Crippen LogP contribution >= 0.6 is 0 Å². The molecule has 0 saturated heterocycles. The Balaban J connectivity index is 2.34. The lowest BCUT2D eigenvalue weighted by atomic mass is 10.00. The van der Waals surface area contributed by atoms with E-state index in [-0.39, 0.29) is 0 Å². The standard InChI is InChI=1S/C21H20O2/c1-3-21(22,4-2)17-20(23-19-13-9-6-10-14-19)16-15-18-11-7-5-8-12-18/h3,5-14,17,22H,1,4H2,2H3/b20-17-. The van der Waals surface area contributed by atoms with Gasteiger partial charge in [-0.25, -0.2) is 0 Å². The van der Waals surface area contributed by atoms with E-state index in [9.17, 15) is 5.11 Å². The molecular formula is C21H20O2. The van der Waals surface area contributed by atoms with Crippen LogP contribution in [0, 0.1) is 11.8 Å². The second-order valence-corrected chi connectivity index (χ2v) is 5.09. The molecule has 0 bridgehead atoms. The predicted molar refractivity (Wildman–Crippen MR) is 93.9 cm³/mol. The summed E-state index contributed by atoms with van der Waals surface area (Å²) in [7, 11) is 0. The van der Waals surface area contributed by atoms with Crippen molar-refractivity contribution in [3.8, 4) is 17.6 Å². The first-order valence-electron chi connectivity index (χ1n) is 7.54. The van der Waals surface area contributed by atoms with E-state index < -0.39 is 5.60 Å². The summed E-state index contributed by atoms with van der Waals surface area (Å²) in [6, 6.07) is 19.0. The van der Waals surface area contributed by atoms with Gasteiger partial charge in [0.1, 0.15) is 11.4 Å². The van der Waals surface area contributed by atoms with Crippen LogP contribution in [0.1, 0.15) is 18.9 Å². The zero-order valence-electron chi connectivity index (χ0n) is 13.2. The molecule has 2 aromatic carbocycles. The van der Waals surface area contributed by atoms with Gasteiger partial charge < -0.3 is 9.84 Å². The highest BCUT2D eigenvalue weighted by Crippen LogP contribution is 2.19. The van der Waals surface area contributed by atoms with Gasteiger partial charge in [-0.3, -0.25) is 0 Å². The van der Waals surface area contributed by atoms with E-state index in [4.69, 9.17) is 4.74 Å². The molecule has 23 heavy (non-hydrogen) atoms. The van der Waals surface area contributed by atoms with Gasteiger partial charge >= 0.3 is 0 Å². The summed E-state index contributed by atoms with van der Waals surface area (Å²) >= 11 is 0. The molecule has 0 aliphatic carbocycles. The first-order valence-corrected chi connectivity index (χ1v) is 7.54. The SMILES string of the molecule is C=CC(O)(/C=C(/C#Cc1ccccc1)Oc1ccccc1)CC. The van der Waals surface area contributed by atoms with Crippen molar-refractivity contribution >= 4 is 0 Å². The average Bonchev–Trinajstić information content (AvgIpc) is 2.61. The van der Waals surface area contributed by atoms with Crippen molar-refractivity contribution in [1.82, 2.24) is 0 Å². The van der Waals surface area contributed by atoms with Crippen molar-refractivity contribution in [2.24, 2.45) is 0 Å². The monoisotopic (exact) mass is 304 g/mol. The summed E-state index contributed by atoms with van der Waals surface area (Å²) in [5.41, 5.74) is -0.260. The lowest BCUT2D eigenvalue weighted by Gasteiger charge is -2.18. The molecule has 1 N–H and O–H groups in total. The maximum atomic E-state index is 10.4. The Morgan fingerprint density at radius 1 is 1.13 bits per heavy atom. The van der Waals surface area contributed by atoms with E-state index in [1.807, 2.05) is 67.6 Å². The summed E-state index contributed by atoms with van der Waals surface area (Å²) in [5.74, 6) is 7.10. The highest BCUT2D eigenvalue weighted by atomic mass is 16.5. The van der Waals surface area contributed by atoms with Crippen molar-refractivity contribution < 1.29 is 9.84 Å². The van der Waals surface area contributed by atoms with E-state index in [0.29, 0.717) is 17.9 Å².